The minimum Gasteiger partial charge on any atom is -0.367 e. The monoisotopic (exact) mass is 303 g/mol. The number of halogens is 1. The Kier molecular flexibility index (Phi) is 3.85. The van der Waals surface area contributed by atoms with Crippen molar-refractivity contribution in [2.24, 2.45) is 0 Å². The average Bonchev–Trinajstić information content (AvgIpc) is 2.91. The van der Waals surface area contributed by atoms with Crippen LogP contribution in [0.4, 0.5) is 5.82 Å². The van der Waals surface area contributed by atoms with Gasteiger partial charge in [-0.2, -0.15) is 0 Å². The lowest BCUT2D eigenvalue weighted by atomic mass is 10.1. The molecule has 0 saturated carbocycles. The highest BCUT2D eigenvalue weighted by molar-refractivity contribution is 7.16. The number of anilines is 1. The van der Waals surface area contributed by atoms with Gasteiger partial charge in [0.2, 0.25) is 0 Å². The van der Waals surface area contributed by atoms with Gasteiger partial charge in [-0.1, -0.05) is 29.8 Å². The molecule has 102 valence electrons. The van der Waals surface area contributed by atoms with Gasteiger partial charge in [0, 0.05) is 11.1 Å². The van der Waals surface area contributed by atoms with E-state index in [1.54, 1.807) is 17.7 Å². The number of thiophene rings is 1. The molecule has 1 N–H and O–H groups in total. The second-order valence-electron chi connectivity index (χ2n) is 4.70. The van der Waals surface area contributed by atoms with Crippen molar-refractivity contribution in [3.05, 3.63) is 52.6 Å². The fourth-order valence-corrected chi connectivity index (χ4v) is 3.13. The molecule has 0 spiro atoms. The summed E-state index contributed by atoms with van der Waals surface area (Å²) in [6.45, 7) is 2.13. The molecule has 0 radical (unpaired) electrons. The number of hydrogen-bond acceptors (Lipinski definition) is 4. The largest absolute Gasteiger partial charge is 0.367 e. The molecule has 3 aromatic rings. The molecule has 20 heavy (non-hydrogen) atoms. The molecule has 0 aliphatic heterocycles. The fraction of sp³-hybridized carbons (Fsp3) is 0.200. The summed E-state index contributed by atoms with van der Waals surface area (Å²) in [7, 11) is 0. The van der Waals surface area contributed by atoms with Crippen LogP contribution in [0.5, 0.6) is 0 Å². The molecule has 0 saturated heterocycles. The lowest BCUT2D eigenvalue weighted by Gasteiger charge is -2.15. The molecule has 0 amide bonds. The summed E-state index contributed by atoms with van der Waals surface area (Å²) in [6, 6.07) is 10.2. The molecule has 0 bridgehead atoms. The zero-order valence-corrected chi connectivity index (χ0v) is 12.6. The third-order valence-electron chi connectivity index (χ3n) is 3.13. The van der Waals surface area contributed by atoms with E-state index in [9.17, 15) is 0 Å². The van der Waals surface area contributed by atoms with Gasteiger partial charge >= 0.3 is 0 Å². The Labute approximate surface area is 126 Å². The average molecular weight is 304 g/mol. The van der Waals surface area contributed by atoms with E-state index in [0.29, 0.717) is 0 Å². The highest BCUT2D eigenvalue weighted by Gasteiger charge is 2.10. The van der Waals surface area contributed by atoms with Gasteiger partial charge in [-0.25, -0.2) is 9.97 Å². The number of nitrogens with zero attached hydrogens (tertiary/aromatic N) is 2. The molecule has 0 fully saturated rings. The Balaban J connectivity index is 1.78. The van der Waals surface area contributed by atoms with Crippen LogP contribution in [-0.4, -0.2) is 16.0 Å². The first-order valence-corrected chi connectivity index (χ1v) is 7.68. The van der Waals surface area contributed by atoms with Crippen molar-refractivity contribution in [2.75, 3.05) is 5.32 Å². The SMILES string of the molecule is CC(Cc1ccccc1Cl)Nc1ncnc2sccc12. The maximum absolute atomic E-state index is 6.20. The van der Waals surface area contributed by atoms with Crippen LogP contribution >= 0.6 is 22.9 Å². The maximum atomic E-state index is 6.20. The molecule has 0 aliphatic rings. The van der Waals surface area contributed by atoms with E-state index >= 15 is 0 Å². The van der Waals surface area contributed by atoms with Crippen molar-refractivity contribution in [2.45, 2.75) is 19.4 Å². The molecule has 2 aromatic heterocycles. The summed E-state index contributed by atoms with van der Waals surface area (Å²) in [5, 5.41) is 7.36. The molecular formula is C15H14ClN3S. The lowest BCUT2D eigenvalue weighted by Crippen LogP contribution is -2.19. The second-order valence-corrected chi connectivity index (χ2v) is 6.00. The van der Waals surface area contributed by atoms with E-state index in [1.807, 2.05) is 29.6 Å². The predicted molar refractivity (Wildman–Crippen MR) is 85.7 cm³/mol. The summed E-state index contributed by atoms with van der Waals surface area (Å²) in [5.41, 5.74) is 1.14. The number of benzene rings is 1. The van der Waals surface area contributed by atoms with Crippen LogP contribution in [0.2, 0.25) is 5.02 Å². The number of fused-ring (bicyclic) bond motifs is 1. The van der Waals surface area contributed by atoms with E-state index in [4.69, 9.17) is 11.6 Å². The Morgan fingerprint density at radius 1 is 1.25 bits per heavy atom. The van der Waals surface area contributed by atoms with Gasteiger partial charge in [-0.3, -0.25) is 0 Å². The molecule has 3 nitrogen and oxygen atoms in total. The Hall–Kier alpha value is -1.65. The quantitative estimate of drug-likeness (QED) is 0.777. The van der Waals surface area contributed by atoms with Crippen molar-refractivity contribution in [1.29, 1.82) is 0 Å². The first-order valence-electron chi connectivity index (χ1n) is 6.42. The highest BCUT2D eigenvalue weighted by atomic mass is 35.5. The van der Waals surface area contributed by atoms with Crippen molar-refractivity contribution < 1.29 is 0 Å². The molecular weight excluding hydrogens is 290 g/mol. The molecule has 5 heteroatoms. The minimum absolute atomic E-state index is 0.243. The smallest absolute Gasteiger partial charge is 0.138 e. The molecule has 1 aromatic carbocycles. The zero-order valence-electron chi connectivity index (χ0n) is 11.0. The molecule has 3 rings (SSSR count). The maximum Gasteiger partial charge on any atom is 0.138 e. The Morgan fingerprint density at radius 3 is 2.95 bits per heavy atom. The van der Waals surface area contributed by atoms with Crippen molar-refractivity contribution in [3.8, 4) is 0 Å². The van der Waals surface area contributed by atoms with Gasteiger partial charge in [0.25, 0.3) is 0 Å². The Bertz CT molecular complexity index is 726. The van der Waals surface area contributed by atoms with Crippen LogP contribution in [-0.2, 0) is 6.42 Å². The highest BCUT2D eigenvalue weighted by Crippen LogP contribution is 2.25. The van der Waals surface area contributed by atoms with Crippen LogP contribution in [0.25, 0.3) is 10.2 Å². The van der Waals surface area contributed by atoms with Crippen LogP contribution < -0.4 is 5.32 Å². The molecule has 2 heterocycles. The van der Waals surface area contributed by atoms with Crippen LogP contribution in [0.3, 0.4) is 0 Å². The van der Waals surface area contributed by atoms with E-state index in [-0.39, 0.29) is 6.04 Å². The van der Waals surface area contributed by atoms with E-state index in [1.165, 1.54) is 0 Å². The van der Waals surface area contributed by atoms with Gasteiger partial charge in [0.15, 0.2) is 0 Å². The fourth-order valence-electron chi connectivity index (χ4n) is 2.18. The van der Waals surface area contributed by atoms with Gasteiger partial charge in [-0.15, -0.1) is 11.3 Å². The van der Waals surface area contributed by atoms with Crippen LogP contribution in [0.15, 0.2) is 42.0 Å². The molecule has 0 aliphatic carbocycles. The van der Waals surface area contributed by atoms with Crippen LogP contribution in [0.1, 0.15) is 12.5 Å². The third-order valence-corrected chi connectivity index (χ3v) is 4.32. The van der Waals surface area contributed by atoms with Crippen molar-refractivity contribution in [3.63, 3.8) is 0 Å². The summed E-state index contributed by atoms with van der Waals surface area (Å²) in [5.74, 6) is 0.885. The Morgan fingerprint density at radius 2 is 2.10 bits per heavy atom. The first-order chi connectivity index (χ1) is 9.74. The van der Waals surface area contributed by atoms with Gasteiger partial charge in [0.1, 0.15) is 17.0 Å². The van der Waals surface area contributed by atoms with E-state index < -0.39 is 0 Å². The number of aromatic nitrogens is 2. The third kappa shape index (κ3) is 2.76. The number of nitrogens with one attached hydrogen (secondary N) is 1. The summed E-state index contributed by atoms with van der Waals surface area (Å²) in [4.78, 5) is 9.60. The minimum atomic E-state index is 0.243. The second kappa shape index (κ2) is 5.77. The van der Waals surface area contributed by atoms with Gasteiger partial charge < -0.3 is 5.32 Å². The number of rotatable bonds is 4. The first kappa shape index (κ1) is 13.3. The summed E-state index contributed by atoms with van der Waals surface area (Å²) in [6.07, 6.45) is 2.46. The predicted octanol–water partition coefficient (Wildman–Crippen LogP) is 4.39. The topological polar surface area (TPSA) is 37.8 Å². The normalized spacial score (nSPS) is 12.5. The van der Waals surface area contributed by atoms with Crippen LogP contribution in [0, 0.1) is 0 Å². The zero-order chi connectivity index (χ0) is 13.9. The summed E-state index contributed by atoms with van der Waals surface area (Å²) >= 11 is 7.82. The molecule has 1 atom stereocenters. The molecule has 1 unspecified atom stereocenters. The lowest BCUT2D eigenvalue weighted by molar-refractivity contribution is 0.786. The van der Waals surface area contributed by atoms with Gasteiger partial charge in [-0.05, 0) is 36.4 Å². The van der Waals surface area contributed by atoms with Gasteiger partial charge in [0.05, 0.1) is 5.39 Å². The van der Waals surface area contributed by atoms with E-state index in [2.05, 4.69) is 28.3 Å². The van der Waals surface area contributed by atoms with E-state index in [0.717, 1.165) is 33.0 Å². The van der Waals surface area contributed by atoms with Crippen molar-refractivity contribution >= 4 is 39.0 Å². The summed E-state index contributed by atoms with van der Waals surface area (Å²) < 4.78 is 0. The van der Waals surface area contributed by atoms with Crippen molar-refractivity contribution in [1.82, 2.24) is 9.97 Å². The standard InChI is InChI=1S/C15H14ClN3S/c1-10(8-11-4-2-3-5-13(11)16)19-14-12-6-7-20-15(12)18-9-17-14/h2-7,9-10H,8H2,1H3,(H,17,18,19). The number of hydrogen-bond donors (Lipinski definition) is 1.